The number of aromatic nitrogens is 2. The van der Waals surface area contributed by atoms with Gasteiger partial charge in [0.2, 0.25) is 0 Å². The van der Waals surface area contributed by atoms with E-state index in [1.54, 1.807) is 18.2 Å². The van der Waals surface area contributed by atoms with Crippen molar-refractivity contribution in [2.45, 2.75) is 24.7 Å². The van der Waals surface area contributed by atoms with E-state index >= 15 is 0 Å². The quantitative estimate of drug-likeness (QED) is 0.871. The van der Waals surface area contributed by atoms with Crippen LogP contribution in [-0.2, 0) is 6.18 Å². The number of alkyl halides is 3. The molecule has 0 aliphatic carbocycles. The molecule has 1 saturated heterocycles. The second kappa shape index (κ2) is 7.28. The maximum atomic E-state index is 12.8. The Morgan fingerprint density at radius 2 is 2.04 bits per heavy atom. The first-order chi connectivity index (χ1) is 12.3. The number of nitrogens with one attached hydrogen (secondary N) is 1. The minimum atomic E-state index is -4.46. The van der Waals surface area contributed by atoms with Crippen LogP contribution in [0.4, 0.5) is 19.0 Å². The van der Waals surface area contributed by atoms with Gasteiger partial charge in [0.1, 0.15) is 11.5 Å². The minimum absolute atomic E-state index is 0.0355. The molecular formula is C17H17F3N4O2. The molecule has 0 unspecified atom stereocenters. The Morgan fingerprint density at radius 3 is 2.69 bits per heavy atom. The van der Waals surface area contributed by atoms with E-state index in [0.717, 1.165) is 18.3 Å². The van der Waals surface area contributed by atoms with Gasteiger partial charge in [-0.3, -0.25) is 9.78 Å². The number of nitrogens with zero attached hydrogens (tertiary/aromatic N) is 3. The van der Waals surface area contributed by atoms with Crippen LogP contribution in [0, 0.1) is 0 Å². The number of aliphatic hydroxyl groups is 1. The van der Waals surface area contributed by atoms with E-state index in [-0.39, 0.29) is 24.0 Å². The van der Waals surface area contributed by atoms with Crippen molar-refractivity contribution < 1.29 is 23.1 Å². The van der Waals surface area contributed by atoms with E-state index in [9.17, 15) is 23.1 Å². The molecule has 2 atom stereocenters. The number of pyridine rings is 2. The molecule has 138 valence electrons. The minimum Gasteiger partial charge on any atom is -0.389 e. The molecule has 3 heterocycles. The van der Waals surface area contributed by atoms with Gasteiger partial charge in [0.15, 0.2) is 0 Å². The first kappa shape index (κ1) is 18.1. The highest BCUT2D eigenvalue weighted by Gasteiger charge is 2.33. The average molecular weight is 366 g/mol. The predicted molar refractivity (Wildman–Crippen MR) is 87.4 cm³/mol. The summed E-state index contributed by atoms with van der Waals surface area (Å²) in [5.74, 6) is -0.256. The van der Waals surface area contributed by atoms with Gasteiger partial charge < -0.3 is 15.3 Å². The zero-order valence-corrected chi connectivity index (χ0v) is 13.6. The van der Waals surface area contributed by atoms with Gasteiger partial charge in [-0.1, -0.05) is 6.07 Å². The van der Waals surface area contributed by atoms with Crippen molar-refractivity contribution in [3.63, 3.8) is 0 Å². The molecule has 9 heteroatoms. The average Bonchev–Trinajstić information content (AvgIpc) is 2.63. The van der Waals surface area contributed by atoms with Crippen molar-refractivity contribution in [3.8, 4) is 0 Å². The predicted octanol–water partition coefficient (Wildman–Crippen LogP) is 2.18. The number of hydrogen-bond acceptors (Lipinski definition) is 5. The van der Waals surface area contributed by atoms with Crippen LogP contribution >= 0.6 is 0 Å². The van der Waals surface area contributed by atoms with Crippen molar-refractivity contribution in [3.05, 3.63) is 54.0 Å². The molecule has 1 fully saturated rings. The Kier molecular flexibility index (Phi) is 5.08. The Balaban J connectivity index is 1.64. The highest BCUT2D eigenvalue weighted by molar-refractivity contribution is 5.92. The van der Waals surface area contributed by atoms with Crippen molar-refractivity contribution in [2.24, 2.45) is 0 Å². The first-order valence-electron chi connectivity index (χ1n) is 8.03. The fourth-order valence-corrected chi connectivity index (χ4v) is 2.81. The van der Waals surface area contributed by atoms with E-state index in [1.807, 2.05) is 0 Å². The number of anilines is 1. The van der Waals surface area contributed by atoms with Crippen LogP contribution in [0.15, 0.2) is 42.7 Å². The molecule has 3 rings (SSSR count). The van der Waals surface area contributed by atoms with Gasteiger partial charge in [-0.15, -0.1) is 0 Å². The second-order valence-electron chi connectivity index (χ2n) is 6.00. The molecule has 0 saturated carbocycles. The summed E-state index contributed by atoms with van der Waals surface area (Å²) in [7, 11) is 0. The normalized spacial score (nSPS) is 20.7. The number of amides is 1. The largest absolute Gasteiger partial charge is 0.416 e. The van der Waals surface area contributed by atoms with E-state index < -0.39 is 23.9 Å². The molecule has 2 aromatic rings. The zero-order chi connectivity index (χ0) is 18.7. The summed E-state index contributed by atoms with van der Waals surface area (Å²) in [5.41, 5.74) is -0.530. The van der Waals surface area contributed by atoms with Gasteiger partial charge in [0.25, 0.3) is 5.91 Å². The molecule has 26 heavy (non-hydrogen) atoms. The highest BCUT2D eigenvalue weighted by Crippen LogP contribution is 2.30. The fourth-order valence-electron chi connectivity index (χ4n) is 2.81. The van der Waals surface area contributed by atoms with Gasteiger partial charge in [0.05, 0.1) is 17.7 Å². The van der Waals surface area contributed by atoms with Gasteiger partial charge in [0, 0.05) is 25.5 Å². The Bertz CT molecular complexity index is 770. The molecular weight excluding hydrogens is 349 g/mol. The fraction of sp³-hybridized carbons (Fsp3) is 0.353. The molecule has 1 aliphatic rings. The zero-order valence-electron chi connectivity index (χ0n) is 13.6. The van der Waals surface area contributed by atoms with Gasteiger partial charge in [-0.25, -0.2) is 4.98 Å². The van der Waals surface area contributed by atoms with Crippen LogP contribution in [0.5, 0.6) is 0 Å². The molecule has 0 aromatic carbocycles. The first-order valence-corrected chi connectivity index (χ1v) is 8.03. The molecule has 0 spiro atoms. The van der Waals surface area contributed by atoms with E-state index in [1.165, 1.54) is 11.1 Å². The lowest BCUT2D eigenvalue weighted by Crippen LogP contribution is -2.51. The number of aliphatic hydroxyl groups excluding tert-OH is 1. The number of rotatable bonds is 3. The van der Waals surface area contributed by atoms with Crippen molar-refractivity contribution in [1.29, 1.82) is 0 Å². The van der Waals surface area contributed by atoms with Crippen LogP contribution in [0.2, 0.25) is 0 Å². The van der Waals surface area contributed by atoms with Crippen LogP contribution in [0.25, 0.3) is 0 Å². The number of carbonyl (C=O) groups is 1. The molecule has 2 aromatic heterocycles. The SMILES string of the molecule is O=C(c1ccccn1)N1CC[C@@H](Nc2cc(C(F)(F)F)ccn2)[C@H](O)C1. The van der Waals surface area contributed by atoms with Crippen LogP contribution in [0.1, 0.15) is 22.5 Å². The van der Waals surface area contributed by atoms with E-state index in [2.05, 4.69) is 15.3 Å². The van der Waals surface area contributed by atoms with Crippen molar-refractivity contribution in [1.82, 2.24) is 14.9 Å². The third-order valence-electron chi connectivity index (χ3n) is 4.17. The summed E-state index contributed by atoms with van der Waals surface area (Å²) in [4.78, 5) is 21.7. The number of likely N-dealkylation sites (tertiary alicyclic amines) is 1. The van der Waals surface area contributed by atoms with E-state index in [0.29, 0.717) is 13.0 Å². The Morgan fingerprint density at radius 1 is 1.23 bits per heavy atom. The van der Waals surface area contributed by atoms with E-state index in [4.69, 9.17) is 0 Å². The van der Waals surface area contributed by atoms with Gasteiger partial charge in [-0.05, 0) is 30.7 Å². The Hall–Kier alpha value is -2.68. The summed E-state index contributed by atoms with van der Waals surface area (Å²) in [5, 5.41) is 13.1. The monoisotopic (exact) mass is 366 g/mol. The third-order valence-corrected chi connectivity index (χ3v) is 4.17. The number of carbonyl (C=O) groups excluding carboxylic acids is 1. The summed E-state index contributed by atoms with van der Waals surface area (Å²) in [6, 6.07) is 6.27. The summed E-state index contributed by atoms with van der Waals surface area (Å²) < 4.78 is 38.3. The summed E-state index contributed by atoms with van der Waals surface area (Å²) >= 11 is 0. The molecule has 0 bridgehead atoms. The standard InChI is InChI=1S/C17H17F3N4O2/c18-17(19,20)11-4-7-22-15(9-11)23-12-5-8-24(10-14(12)25)16(26)13-3-1-2-6-21-13/h1-4,6-7,9,12,14,25H,5,8,10H2,(H,22,23)/t12-,14-/m1/s1. The molecule has 1 aliphatic heterocycles. The maximum absolute atomic E-state index is 12.8. The van der Waals surface area contributed by atoms with Gasteiger partial charge >= 0.3 is 6.18 Å². The molecule has 1 amide bonds. The van der Waals surface area contributed by atoms with Crippen molar-refractivity contribution in [2.75, 3.05) is 18.4 Å². The smallest absolute Gasteiger partial charge is 0.389 e. The van der Waals surface area contributed by atoms with Gasteiger partial charge in [-0.2, -0.15) is 13.2 Å². The molecule has 2 N–H and O–H groups in total. The van der Waals surface area contributed by atoms with Crippen LogP contribution < -0.4 is 5.32 Å². The maximum Gasteiger partial charge on any atom is 0.416 e. The second-order valence-corrected chi connectivity index (χ2v) is 6.00. The number of hydrogen-bond donors (Lipinski definition) is 2. The summed E-state index contributed by atoms with van der Waals surface area (Å²) in [6.45, 7) is 0.412. The third kappa shape index (κ3) is 4.10. The Labute approximate surface area is 147 Å². The topological polar surface area (TPSA) is 78.4 Å². The lowest BCUT2D eigenvalue weighted by molar-refractivity contribution is -0.137. The molecule has 6 nitrogen and oxygen atoms in total. The lowest BCUT2D eigenvalue weighted by Gasteiger charge is -2.36. The van der Waals surface area contributed by atoms with Crippen LogP contribution in [-0.4, -0.2) is 51.1 Å². The lowest BCUT2D eigenvalue weighted by atomic mass is 10.0. The highest BCUT2D eigenvalue weighted by atomic mass is 19.4. The van der Waals surface area contributed by atoms with Crippen molar-refractivity contribution >= 4 is 11.7 Å². The van der Waals surface area contributed by atoms with Crippen LogP contribution in [0.3, 0.4) is 0 Å². The number of halogens is 3. The molecule has 0 radical (unpaired) electrons. The number of piperidine rings is 1. The number of β-amino-alcohol motifs (C(OH)–C–C–N with tert-alkyl or cyclic N) is 1. The summed E-state index contributed by atoms with van der Waals surface area (Å²) in [6.07, 6.45) is -2.45.